The van der Waals surface area contributed by atoms with Crippen LogP contribution < -0.4 is 10.1 Å². The van der Waals surface area contributed by atoms with Gasteiger partial charge in [-0.3, -0.25) is 0 Å². The number of nitrogens with one attached hydrogen (secondary N) is 1. The number of ether oxygens (including phenoxy) is 1. The van der Waals surface area contributed by atoms with E-state index in [0.717, 1.165) is 24.8 Å². The zero-order valence-corrected chi connectivity index (χ0v) is 13.8. The number of rotatable bonds is 9. The average Bonchev–Trinajstić information content (AvgIpc) is 2.41. The molecule has 0 bridgehead atoms. The highest BCUT2D eigenvalue weighted by Crippen LogP contribution is 2.19. The van der Waals surface area contributed by atoms with E-state index in [1.807, 2.05) is 6.07 Å². The Hall–Kier alpha value is -1.02. The number of hydrogen-bond acceptors (Lipinski definition) is 2. The molecule has 0 saturated heterocycles. The van der Waals surface area contributed by atoms with E-state index in [1.54, 1.807) is 0 Å². The van der Waals surface area contributed by atoms with E-state index in [9.17, 15) is 0 Å². The molecule has 1 N–H and O–H groups in total. The lowest BCUT2D eigenvalue weighted by Crippen LogP contribution is -2.30. The summed E-state index contributed by atoms with van der Waals surface area (Å²) < 4.78 is 5.81. The van der Waals surface area contributed by atoms with E-state index in [1.165, 1.54) is 18.4 Å². The standard InChI is InChI=1S/C18H31NO/c1-14(2)9-10-16(5)19-11-12-20-18-8-6-7-17(13-18)15(3)4/h6-8,13-16,19H,9-12H2,1-5H3. The summed E-state index contributed by atoms with van der Waals surface area (Å²) in [5.74, 6) is 2.31. The molecule has 0 radical (unpaired) electrons. The molecule has 0 fully saturated rings. The summed E-state index contributed by atoms with van der Waals surface area (Å²) in [6.07, 6.45) is 2.52. The highest BCUT2D eigenvalue weighted by Gasteiger charge is 2.04. The van der Waals surface area contributed by atoms with Crippen LogP contribution in [0.2, 0.25) is 0 Å². The summed E-state index contributed by atoms with van der Waals surface area (Å²) in [7, 11) is 0. The minimum atomic E-state index is 0.549. The molecule has 0 spiro atoms. The topological polar surface area (TPSA) is 21.3 Å². The van der Waals surface area contributed by atoms with Crippen molar-refractivity contribution in [2.75, 3.05) is 13.2 Å². The van der Waals surface area contributed by atoms with Crippen LogP contribution in [0.5, 0.6) is 5.75 Å². The molecule has 1 aromatic rings. The lowest BCUT2D eigenvalue weighted by atomic mass is 10.0. The molecule has 0 aromatic heterocycles. The van der Waals surface area contributed by atoms with Gasteiger partial charge >= 0.3 is 0 Å². The summed E-state index contributed by atoms with van der Waals surface area (Å²) in [6, 6.07) is 8.98. The van der Waals surface area contributed by atoms with E-state index < -0.39 is 0 Å². The molecule has 0 aliphatic heterocycles. The van der Waals surface area contributed by atoms with Gasteiger partial charge in [0.25, 0.3) is 0 Å². The molecule has 1 aromatic carbocycles. The van der Waals surface area contributed by atoms with E-state index in [2.05, 4.69) is 58.1 Å². The van der Waals surface area contributed by atoms with Crippen molar-refractivity contribution < 1.29 is 4.74 Å². The summed E-state index contributed by atoms with van der Waals surface area (Å²) in [4.78, 5) is 0. The average molecular weight is 277 g/mol. The Labute approximate surface area is 124 Å². The summed E-state index contributed by atoms with van der Waals surface area (Å²) in [6.45, 7) is 12.9. The van der Waals surface area contributed by atoms with Crippen molar-refractivity contribution in [2.24, 2.45) is 5.92 Å². The zero-order valence-electron chi connectivity index (χ0n) is 13.8. The lowest BCUT2D eigenvalue weighted by Gasteiger charge is -2.15. The molecular formula is C18H31NO. The van der Waals surface area contributed by atoms with Gasteiger partial charge in [-0.15, -0.1) is 0 Å². The first kappa shape index (κ1) is 17.0. The Kier molecular flexibility index (Phi) is 7.68. The zero-order chi connectivity index (χ0) is 15.0. The Morgan fingerprint density at radius 1 is 1.05 bits per heavy atom. The van der Waals surface area contributed by atoms with Crippen molar-refractivity contribution in [3.05, 3.63) is 29.8 Å². The molecule has 0 amide bonds. The molecular weight excluding hydrogens is 246 g/mol. The van der Waals surface area contributed by atoms with Gasteiger partial charge in [0, 0.05) is 12.6 Å². The maximum atomic E-state index is 5.81. The van der Waals surface area contributed by atoms with E-state index in [-0.39, 0.29) is 0 Å². The first-order valence-electron chi connectivity index (χ1n) is 7.95. The second-order valence-electron chi connectivity index (χ2n) is 6.40. The van der Waals surface area contributed by atoms with Crippen LogP contribution in [0.25, 0.3) is 0 Å². The number of hydrogen-bond donors (Lipinski definition) is 1. The smallest absolute Gasteiger partial charge is 0.119 e. The van der Waals surface area contributed by atoms with E-state index in [4.69, 9.17) is 4.74 Å². The van der Waals surface area contributed by atoms with Gasteiger partial charge in [-0.25, -0.2) is 0 Å². The lowest BCUT2D eigenvalue weighted by molar-refractivity contribution is 0.302. The fourth-order valence-electron chi connectivity index (χ4n) is 2.12. The molecule has 114 valence electrons. The molecule has 1 atom stereocenters. The quantitative estimate of drug-likeness (QED) is 0.666. The minimum absolute atomic E-state index is 0.549. The minimum Gasteiger partial charge on any atom is -0.492 e. The third-order valence-corrected chi connectivity index (χ3v) is 3.57. The van der Waals surface area contributed by atoms with Gasteiger partial charge in [-0.05, 0) is 49.3 Å². The molecule has 0 aliphatic carbocycles. The van der Waals surface area contributed by atoms with Crippen molar-refractivity contribution >= 4 is 0 Å². The van der Waals surface area contributed by atoms with Gasteiger partial charge in [0.15, 0.2) is 0 Å². The molecule has 2 heteroatoms. The van der Waals surface area contributed by atoms with Crippen molar-refractivity contribution in [3.63, 3.8) is 0 Å². The predicted octanol–water partition coefficient (Wildman–Crippen LogP) is 4.60. The molecule has 0 aliphatic rings. The molecule has 2 nitrogen and oxygen atoms in total. The SMILES string of the molecule is CC(C)CCC(C)NCCOc1cccc(C(C)C)c1. The third kappa shape index (κ3) is 6.95. The maximum Gasteiger partial charge on any atom is 0.119 e. The van der Waals surface area contributed by atoms with Crippen molar-refractivity contribution in [1.82, 2.24) is 5.32 Å². The molecule has 0 saturated carbocycles. The highest BCUT2D eigenvalue weighted by atomic mass is 16.5. The Balaban J connectivity index is 2.22. The van der Waals surface area contributed by atoms with Gasteiger partial charge in [-0.1, -0.05) is 39.8 Å². The maximum absolute atomic E-state index is 5.81. The van der Waals surface area contributed by atoms with Crippen LogP contribution in [0, 0.1) is 5.92 Å². The molecule has 20 heavy (non-hydrogen) atoms. The second-order valence-corrected chi connectivity index (χ2v) is 6.40. The molecule has 1 rings (SSSR count). The Morgan fingerprint density at radius 3 is 2.45 bits per heavy atom. The fraction of sp³-hybridized carbons (Fsp3) is 0.667. The van der Waals surface area contributed by atoms with Crippen molar-refractivity contribution in [3.8, 4) is 5.75 Å². The van der Waals surface area contributed by atoms with Crippen molar-refractivity contribution in [2.45, 2.75) is 59.4 Å². The van der Waals surface area contributed by atoms with Crippen LogP contribution in [0.3, 0.4) is 0 Å². The normalized spacial score (nSPS) is 12.9. The van der Waals surface area contributed by atoms with E-state index in [0.29, 0.717) is 12.0 Å². The predicted molar refractivity (Wildman–Crippen MR) is 87.6 cm³/mol. The molecule has 0 heterocycles. The van der Waals surface area contributed by atoms with Crippen LogP contribution >= 0.6 is 0 Å². The Bertz CT molecular complexity index is 373. The Morgan fingerprint density at radius 2 is 1.80 bits per heavy atom. The summed E-state index contributed by atoms with van der Waals surface area (Å²) >= 11 is 0. The van der Waals surface area contributed by atoms with Crippen LogP contribution in [0.15, 0.2) is 24.3 Å². The van der Waals surface area contributed by atoms with Gasteiger partial charge in [0.1, 0.15) is 12.4 Å². The van der Waals surface area contributed by atoms with Crippen LogP contribution in [0.1, 0.15) is 58.9 Å². The summed E-state index contributed by atoms with van der Waals surface area (Å²) in [5.41, 5.74) is 1.33. The van der Waals surface area contributed by atoms with Crippen molar-refractivity contribution in [1.29, 1.82) is 0 Å². The monoisotopic (exact) mass is 277 g/mol. The molecule has 1 unspecified atom stereocenters. The fourth-order valence-corrected chi connectivity index (χ4v) is 2.12. The first-order valence-corrected chi connectivity index (χ1v) is 7.95. The second kappa shape index (κ2) is 9.02. The van der Waals surface area contributed by atoms with Crippen LogP contribution in [-0.4, -0.2) is 19.2 Å². The number of benzene rings is 1. The van der Waals surface area contributed by atoms with Crippen LogP contribution in [-0.2, 0) is 0 Å². The van der Waals surface area contributed by atoms with Gasteiger partial charge in [-0.2, -0.15) is 0 Å². The van der Waals surface area contributed by atoms with E-state index >= 15 is 0 Å². The summed E-state index contributed by atoms with van der Waals surface area (Å²) in [5, 5.41) is 3.52. The highest BCUT2D eigenvalue weighted by molar-refractivity contribution is 5.30. The third-order valence-electron chi connectivity index (χ3n) is 3.57. The van der Waals surface area contributed by atoms with Crippen LogP contribution in [0.4, 0.5) is 0 Å². The largest absolute Gasteiger partial charge is 0.492 e. The van der Waals surface area contributed by atoms with Gasteiger partial charge in [0.2, 0.25) is 0 Å². The van der Waals surface area contributed by atoms with Gasteiger partial charge in [0.05, 0.1) is 0 Å². The van der Waals surface area contributed by atoms with Gasteiger partial charge < -0.3 is 10.1 Å². The first-order chi connectivity index (χ1) is 9.49.